The van der Waals surface area contributed by atoms with Crippen molar-refractivity contribution >= 4 is 12.1 Å². The summed E-state index contributed by atoms with van der Waals surface area (Å²) in [5.41, 5.74) is 7.87. The maximum atomic E-state index is 10.6. The van der Waals surface area contributed by atoms with Crippen molar-refractivity contribution < 1.29 is 14.3 Å². The molecule has 0 spiro atoms. The Kier molecular flexibility index (Phi) is 5.60. The molecule has 0 saturated heterocycles. The number of carbonyl (C=O) groups is 2. The van der Waals surface area contributed by atoms with Crippen LogP contribution >= 0.6 is 0 Å². The first kappa shape index (κ1) is 10.6. The summed E-state index contributed by atoms with van der Waals surface area (Å²) < 4.78 is 4.85. The van der Waals surface area contributed by atoms with Crippen LogP contribution < -0.4 is 0 Å². The Labute approximate surface area is 69.1 Å². The lowest BCUT2D eigenvalue weighted by Gasteiger charge is -2.05. The molecule has 0 N–H and O–H groups in total. The lowest BCUT2D eigenvalue weighted by Crippen LogP contribution is -2.22. The Bertz CT molecular complexity index is 210. The molecular weight excluding hydrogens is 162 g/mol. The van der Waals surface area contributed by atoms with E-state index in [1.54, 1.807) is 0 Å². The molecule has 6 heteroatoms. The van der Waals surface area contributed by atoms with Crippen LogP contribution in [0.5, 0.6) is 0 Å². The molecule has 0 heterocycles. The van der Waals surface area contributed by atoms with Gasteiger partial charge in [0, 0.05) is 11.5 Å². The van der Waals surface area contributed by atoms with E-state index in [2.05, 4.69) is 10.0 Å². The fourth-order valence-corrected chi connectivity index (χ4v) is 0.493. The number of hydrogen-bond acceptors (Lipinski definition) is 4. The van der Waals surface area contributed by atoms with Gasteiger partial charge in [-0.3, -0.25) is 9.59 Å². The molecule has 1 atom stereocenters. The average Bonchev–Trinajstić information content (AvgIpc) is 2.10. The van der Waals surface area contributed by atoms with E-state index in [-0.39, 0.29) is 19.4 Å². The number of ketones is 1. The zero-order valence-corrected chi connectivity index (χ0v) is 6.64. The van der Waals surface area contributed by atoms with Gasteiger partial charge >= 0.3 is 0 Å². The maximum Gasteiger partial charge on any atom is 0.223 e. The summed E-state index contributed by atoms with van der Waals surface area (Å²) >= 11 is 0. The normalized spacial score (nSPS) is 11.4. The van der Waals surface area contributed by atoms with E-state index < -0.39 is 11.9 Å². The molecule has 0 aromatic carbocycles. The monoisotopic (exact) mass is 171 g/mol. The summed E-state index contributed by atoms with van der Waals surface area (Å²) in [6.07, 6.45) is -0.547. The van der Waals surface area contributed by atoms with Gasteiger partial charge in [0.05, 0.1) is 6.61 Å². The molecule has 0 aliphatic heterocycles. The highest BCUT2D eigenvalue weighted by molar-refractivity contribution is 6.26. The SMILES string of the molecule is CC(OCCN=[N+]=[N-])C(=O)C=O. The molecule has 0 amide bonds. The van der Waals surface area contributed by atoms with Crippen LogP contribution in [0.4, 0.5) is 0 Å². The summed E-state index contributed by atoms with van der Waals surface area (Å²) in [5.74, 6) is -0.615. The Morgan fingerprint density at radius 2 is 2.50 bits per heavy atom. The highest BCUT2D eigenvalue weighted by Gasteiger charge is 2.10. The predicted octanol–water partition coefficient (Wildman–Crippen LogP) is 0.470. The molecule has 0 rings (SSSR count). The minimum absolute atomic E-state index is 0.144. The zero-order valence-electron chi connectivity index (χ0n) is 6.64. The molecule has 66 valence electrons. The molecule has 0 aromatic heterocycles. The second-order valence-corrected chi connectivity index (χ2v) is 1.99. The van der Waals surface area contributed by atoms with E-state index in [9.17, 15) is 9.59 Å². The summed E-state index contributed by atoms with van der Waals surface area (Å²) in [4.78, 5) is 23.0. The van der Waals surface area contributed by atoms with Crippen LogP contribution in [0.3, 0.4) is 0 Å². The number of hydrogen-bond donors (Lipinski definition) is 0. The van der Waals surface area contributed by atoms with Crippen LogP contribution in [0.25, 0.3) is 10.4 Å². The van der Waals surface area contributed by atoms with Crippen molar-refractivity contribution in [2.24, 2.45) is 5.11 Å². The first-order valence-corrected chi connectivity index (χ1v) is 3.34. The van der Waals surface area contributed by atoms with Crippen LogP contribution in [0.15, 0.2) is 5.11 Å². The number of rotatable bonds is 6. The van der Waals surface area contributed by atoms with Gasteiger partial charge in [-0.1, -0.05) is 5.11 Å². The predicted molar refractivity (Wildman–Crippen MR) is 40.5 cm³/mol. The van der Waals surface area contributed by atoms with Gasteiger partial charge in [0.15, 0.2) is 6.29 Å². The zero-order chi connectivity index (χ0) is 9.40. The van der Waals surface area contributed by atoms with E-state index >= 15 is 0 Å². The molecular formula is C6H9N3O3. The Morgan fingerprint density at radius 1 is 1.83 bits per heavy atom. The highest BCUT2D eigenvalue weighted by atomic mass is 16.5. The van der Waals surface area contributed by atoms with E-state index in [0.29, 0.717) is 0 Å². The largest absolute Gasteiger partial charge is 0.370 e. The number of azide groups is 1. The number of Topliss-reactive ketones (excluding diaryl/α,β-unsaturated/α-hetero) is 1. The van der Waals surface area contributed by atoms with E-state index in [0.717, 1.165) is 0 Å². The second-order valence-electron chi connectivity index (χ2n) is 1.99. The Balaban J connectivity index is 3.56. The summed E-state index contributed by atoms with van der Waals surface area (Å²) in [5, 5.41) is 3.18. The van der Waals surface area contributed by atoms with Crippen molar-refractivity contribution in [3.05, 3.63) is 10.4 Å². The van der Waals surface area contributed by atoms with Crippen molar-refractivity contribution in [2.45, 2.75) is 13.0 Å². The molecule has 0 saturated carbocycles. The topological polar surface area (TPSA) is 92.1 Å². The molecule has 0 radical (unpaired) electrons. The number of nitrogens with zero attached hydrogens (tertiary/aromatic N) is 3. The number of ether oxygens (including phenoxy) is 1. The van der Waals surface area contributed by atoms with E-state index in [4.69, 9.17) is 10.3 Å². The Morgan fingerprint density at radius 3 is 3.00 bits per heavy atom. The molecule has 12 heavy (non-hydrogen) atoms. The molecule has 0 aromatic rings. The third-order valence-corrected chi connectivity index (χ3v) is 1.14. The number of carbonyl (C=O) groups excluding carboxylic acids is 2. The van der Waals surface area contributed by atoms with E-state index in [1.807, 2.05) is 0 Å². The Hall–Kier alpha value is -1.39. The van der Waals surface area contributed by atoms with Crippen LogP contribution in [-0.4, -0.2) is 31.3 Å². The van der Waals surface area contributed by atoms with Gasteiger partial charge in [0.2, 0.25) is 5.78 Å². The summed E-state index contributed by atoms with van der Waals surface area (Å²) in [7, 11) is 0. The standard InChI is InChI=1S/C6H9N3O3/c1-5(6(11)4-10)12-3-2-8-9-7/h4-5H,2-3H2,1H3. The molecule has 0 fully saturated rings. The van der Waals surface area contributed by atoms with Gasteiger partial charge < -0.3 is 4.74 Å². The maximum absolute atomic E-state index is 10.6. The van der Waals surface area contributed by atoms with Crippen molar-refractivity contribution in [3.63, 3.8) is 0 Å². The van der Waals surface area contributed by atoms with Crippen LogP contribution in [0.1, 0.15) is 6.92 Å². The molecule has 0 bridgehead atoms. The van der Waals surface area contributed by atoms with Gasteiger partial charge in [-0.25, -0.2) is 0 Å². The first-order valence-electron chi connectivity index (χ1n) is 3.34. The van der Waals surface area contributed by atoms with Gasteiger partial charge in [-0.2, -0.15) is 0 Å². The van der Waals surface area contributed by atoms with Crippen LogP contribution in [-0.2, 0) is 14.3 Å². The molecule has 1 unspecified atom stereocenters. The van der Waals surface area contributed by atoms with Gasteiger partial charge in [0.1, 0.15) is 6.10 Å². The van der Waals surface area contributed by atoms with Crippen molar-refractivity contribution in [1.82, 2.24) is 0 Å². The fourth-order valence-electron chi connectivity index (χ4n) is 0.493. The minimum Gasteiger partial charge on any atom is -0.370 e. The molecule has 6 nitrogen and oxygen atoms in total. The van der Waals surface area contributed by atoms with Gasteiger partial charge in [-0.05, 0) is 12.5 Å². The van der Waals surface area contributed by atoms with E-state index in [1.165, 1.54) is 6.92 Å². The highest BCUT2D eigenvalue weighted by Crippen LogP contribution is 1.90. The number of aldehydes is 1. The van der Waals surface area contributed by atoms with Gasteiger partial charge in [0.25, 0.3) is 0 Å². The van der Waals surface area contributed by atoms with Crippen LogP contribution in [0, 0.1) is 0 Å². The first-order chi connectivity index (χ1) is 5.72. The van der Waals surface area contributed by atoms with Crippen molar-refractivity contribution in [3.8, 4) is 0 Å². The smallest absolute Gasteiger partial charge is 0.223 e. The second kappa shape index (κ2) is 6.33. The van der Waals surface area contributed by atoms with Crippen LogP contribution in [0.2, 0.25) is 0 Å². The lowest BCUT2D eigenvalue weighted by atomic mass is 10.3. The lowest BCUT2D eigenvalue weighted by molar-refractivity contribution is -0.137. The molecule has 0 aliphatic rings. The summed E-state index contributed by atoms with van der Waals surface area (Å²) in [6, 6.07) is 0. The molecule has 0 aliphatic carbocycles. The van der Waals surface area contributed by atoms with Crippen molar-refractivity contribution in [1.29, 1.82) is 0 Å². The third kappa shape index (κ3) is 4.43. The average molecular weight is 171 g/mol. The van der Waals surface area contributed by atoms with Gasteiger partial charge in [-0.15, -0.1) is 0 Å². The van der Waals surface area contributed by atoms with Crippen molar-refractivity contribution in [2.75, 3.05) is 13.2 Å². The quantitative estimate of drug-likeness (QED) is 0.145. The summed E-state index contributed by atoms with van der Waals surface area (Å²) in [6.45, 7) is 1.77. The fraction of sp³-hybridized carbons (Fsp3) is 0.667. The third-order valence-electron chi connectivity index (χ3n) is 1.14. The minimum atomic E-state index is -0.753.